The Balaban J connectivity index is 1.52. The number of hydrogen-bond acceptors (Lipinski definition) is 5. The molecule has 0 aliphatic rings. The monoisotopic (exact) mass is 338 g/mol. The first-order chi connectivity index (χ1) is 11.7. The van der Waals surface area contributed by atoms with E-state index < -0.39 is 5.97 Å². The van der Waals surface area contributed by atoms with Crippen molar-refractivity contribution in [2.24, 2.45) is 0 Å². The van der Waals surface area contributed by atoms with E-state index in [0.717, 1.165) is 11.1 Å². The van der Waals surface area contributed by atoms with E-state index in [1.807, 2.05) is 61.5 Å². The minimum atomic E-state index is -0.403. The third kappa shape index (κ3) is 4.43. The summed E-state index contributed by atoms with van der Waals surface area (Å²) in [4.78, 5) is 16.4. The number of anilines is 1. The van der Waals surface area contributed by atoms with Gasteiger partial charge in [0, 0.05) is 11.9 Å². The number of benzene rings is 2. The maximum atomic E-state index is 12.1. The van der Waals surface area contributed by atoms with E-state index >= 15 is 0 Å². The molecule has 24 heavy (non-hydrogen) atoms. The first-order valence-electron chi connectivity index (χ1n) is 7.67. The fraction of sp³-hybridized carbons (Fsp3) is 0.158. The van der Waals surface area contributed by atoms with Crippen molar-refractivity contribution in [2.45, 2.75) is 20.1 Å². The normalized spacial score (nSPS) is 10.4. The van der Waals surface area contributed by atoms with Crippen LogP contribution in [-0.2, 0) is 17.9 Å². The first-order valence-corrected chi connectivity index (χ1v) is 8.55. The first kappa shape index (κ1) is 16.2. The molecule has 1 heterocycles. The summed E-state index contributed by atoms with van der Waals surface area (Å²) in [5.74, 6) is -0.403. The summed E-state index contributed by atoms with van der Waals surface area (Å²) >= 11 is 1.40. The number of nitrogens with zero attached hydrogens (tertiary/aromatic N) is 1. The number of rotatable bonds is 6. The molecule has 0 amide bonds. The number of ether oxygens (including phenoxy) is 1. The Labute approximate surface area is 145 Å². The van der Waals surface area contributed by atoms with Gasteiger partial charge in [-0.2, -0.15) is 0 Å². The third-order valence-corrected chi connectivity index (χ3v) is 4.29. The van der Waals surface area contributed by atoms with Gasteiger partial charge >= 0.3 is 5.97 Å². The van der Waals surface area contributed by atoms with Gasteiger partial charge in [0.15, 0.2) is 10.8 Å². The van der Waals surface area contributed by atoms with Crippen molar-refractivity contribution < 1.29 is 9.53 Å². The molecule has 0 saturated heterocycles. The van der Waals surface area contributed by atoms with Crippen LogP contribution < -0.4 is 5.32 Å². The molecule has 0 spiro atoms. The van der Waals surface area contributed by atoms with Gasteiger partial charge in [0.2, 0.25) is 0 Å². The summed E-state index contributed by atoms with van der Waals surface area (Å²) < 4.78 is 5.31. The Morgan fingerprint density at radius 1 is 1.08 bits per heavy atom. The molecular weight excluding hydrogens is 320 g/mol. The summed E-state index contributed by atoms with van der Waals surface area (Å²) in [7, 11) is 0. The topological polar surface area (TPSA) is 51.2 Å². The number of carbonyl (C=O) groups is 1. The quantitative estimate of drug-likeness (QED) is 0.676. The molecule has 0 unspecified atom stereocenters. The highest BCUT2D eigenvalue weighted by molar-refractivity contribution is 7.13. The highest BCUT2D eigenvalue weighted by atomic mass is 32.1. The van der Waals surface area contributed by atoms with Crippen LogP contribution in [0.4, 0.5) is 5.13 Å². The molecule has 4 nitrogen and oxygen atoms in total. The van der Waals surface area contributed by atoms with E-state index in [1.165, 1.54) is 16.9 Å². The van der Waals surface area contributed by atoms with Gasteiger partial charge in [-0.15, -0.1) is 11.3 Å². The van der Waals surface area contributed by atoms with Crippen molar-refractivity contribution in [3.05, 3.63) is 82.4 Å². The molecule has 3 rings (SSSR count). The van der Waals surface area contributed by atoms with Crippen molar-refractivity contribution in [3.63, 3.8) is 0 Å². The number of aryl methyl sites for hydroxylation is 1. The van der Waals surface area contributed by atoms with Crippen LogP contribution in [0.25, 0.3) is 0 Å². The molecule has 0 bridgehead atoms. The largest absolute Gasteiger partial charge is 0.456 e. The van der Waals surface area contributed by atoms with Crippen LogP contribution in [0.5, 0.6) is 0 Å². The van der Waals surface area contributed by atoms with Gasteiger partial charge in [-0.05, 0) is 18.1 Å². The highest BCUT2D eigenvalue weighted by Crippen LogP contribution is 2.17. The second kappa shape index (κ2) is 7.75. The molecule has 0 aliphatic heterocycles. The zero-order chi connectivity index (χ0) is 16.8. The number of hydrogen-bond donors (Lipinski definition) is 1. The molecule has 5 heteroatoms. The lowest BCUT2D eigenvalue weighted by molar-refractivity contribution is 0.0467. The summed E-state index contributed by atoms with van der Waals surface area (Å²) in [5, 5.41) is 5.64. The molecule has 1 aromatic heterocycles. The van der Waals surface area contributed by atoms with Gasteiger partial charge in [0.25, 0.3) is 0 Å². The molecule has 0 aliphatic carbocycles. The van der Waals surface area contributed by atoms with Crippen LogP contribution in [0.3, 0.4) is 0 Å². The average Bonchev–Trinajstić information content (AvgIpc) is 3.09. The van der Waals surface area contributed by atoms with E-state index in [-0.39, 0.29) is 6.61 Å². The summed E-state index contributed by atoms with van der Waals surface area (Å²) in [6.07, 6.45) is 0. The molecule has 0 atom stereocenters. The van der Waals surface area contributed by atoms with Gasteiger partial charge in [0.1, 0.15) is 6.61 Å². The Hall–Kier alpha value is -2.66. The molecule has 1 N–H and O–H groups in total. The molecule has 3 aromatic rings. The fourth-order valence-corrected chi connectivity index (χ4v) is 2.81. The lowest BCUT2D eigenvalue weighted by atomic mass is 10.2. The Morgan fingerprint density at radius 2 is 1.83 bits per heavy atom. The van der Waals surface area contributed by atoms with E-state index in [1.54, 1.807) is 5.38 Å². The van der Waals surface area contributed by atoms with Gasteiger partial charge < -0.3 is 10.1 Å². The van der Waals surface area contributed by atoms with Crippen LogP contribution in [0, 0.1) is 6.92 Å². The van der Waals surface area contributed by atoms with Crippen molar-refractivity contribution in [1.82, 2.24) is 4.98 Å². The number of thiazole rings is 1. The predicted molar refractivity (Wildman–Crippen MR) is 96.2 cm³/mol. The van der Waals surface area contributed by atoms with Crippen molar-refractivity contribution in [3.8, 4) is 0 Å². The number of nitrogens with one attached hydrogen (secondary N) is 1. The van der Waals surface area contributed by atoms with E-state index in [4.69, 9.17) is 4.74 Å². The molecule has 0 radical (unpaired) electrons. The molecule has 0 saturated carbocycles. The standard InChI is InChI=1S/C19H18N2O2S/c1-14-7-9-16(10-8-14)12-23-18(22)17-13-24-19(21-17)20-11-15-5-3-2-4-6-15/h2-10,13H,11-12H2,1H3,(H,20,21). The van der Waals surface area contributed by atoms with Crippen molar-refractivity contribution in [1.29, 1.82) is 0 Å². The summed E-state index contributed by atoms with van der Waals surface area (Å²) in [6.45, 7) is 2.95. The second-order valence-electron chi connectivity index (χ2n) is 5.44. The summed E-state index contributed by atoms with van der Waals surface area (Å²) in [5.41, 5.74) is 3.64. The Bertz CT molecular complexity index is 798. The van der Waals surface area contributed by atoms with Crippen LogP contribution >= 0.6 is 11.3 Å². The zero-order valence-electron chi connectivity index (χ0n) is 13.4. The van der Waals surface area contributed by atoms with E-state index in [0.29, 0.717) is 17.4 Å². The maximum Gasteiger partial charge on any atom is 0.358 e. The van der Waals surface area contributed by atoms with E-state index in [2.05, 4.69) is 10.3 Å². The van der Waals surface area contributed by atoms with Gasteiger partial charge in [-0.25, -0.2) is 9.78 Å². The van der Waals surface area contributed by atoms with Crippen LogP contribution in [0.15, 0.2) is 60.0 Å². The van der Waals surface area contributed by atoms with Gasteiger partial charge in [-0.1, -0.05) is 60.2 Å². The Kier molecular flexibility index (Phi) is 5.23. The van der Waals surface area contributed by atoms with Crippen molar-refractivity contribution >= 4 is 22.4 Å². The highest BCUT2D eigenvalue weighted by Gasteiger charge is 2.12. The van der Waals surface area contributed by atoms with Crippen LogP contribution in [0.2, 0.25) is 0 Å². The van der Waals surface area contributed by atoms with E-state index in [9.17, 15) is 4.79 Å². The third-order valence-electron chi connectivity index (χ3n) is 3.49. The van der Waals surface area contributed by atoms with Gasteiger partial charge in [0.05, 0.1) is 0 Å². The lowest BCUT2D eigenvalue weighted by Crippen LogP contribution is -2.06. The lowest BCUT2D eigenvalue weighted by Gasteiger charge is -2.04. The predicted octanol–water partition coefficient (Wildman–Crippen LogP) is 4.42. The molecular formula is C19H18N2O2S. The van der Waals surface area contributed by atoms with Gasteiger partial charge in [-0.3, -0.25) is 0 Å². The molecule has 2 aromatic carbocycles. The minimum absolute atomic E-state index is 0.253. The molecule has 122 valence electrons. The van der Waals surface area contributed by atoms with Crippen LogP contribution in [0.1, 0.15) is 27.2 Å². The smallest absolute Gasteiger partial charge is 0.358 e. The number of aromatic nitrogens is 1. The second-order valence-corrected chi connectivity index (χ2v) is 6.30. The summed E-state index contributed by atoms with van der Waals surface area (Å²) in [6, 6.07) is 17.9. The molecule has 0 fully saturated rings. The average molecular weight is 338 g/mol. The minimum Gasteiger partial charge on any atom is -0.456 e. The Morgan fingerprint density at radius 3 is 2.58 bits per heavy atom. The maximum absolute atomic E-state index is 12.1. The number of esters is 1. The SMILES string of the molecule is Cc1ccc(COC(=O)c2csc(NCc3ccccc3)n2)cc1. The number of carbonyl (C=O) groups excluding carboxylic acids is 1. The fourth-order valence-electron chi connectivity index (χ4n) is 2.13. The zero-order valence-corrected chi connectivity index (χ0v) is 14.2. The van der Waals surface area contributed by atoms with Crippen molar-refractivity contribution in [2.75, 3.05) is 5.32 Å². The van der Waals surface area contributed by atoms with Crippen LogP contribution in [-0.4, -0.2) is 11.0 Å².